The van der Waals surface area contributed by atoms with Crippen LogP contribution in [0.15, 0.2) is 71.6 Å². The Morgan fingerprint density at radius 1 is 0.872 bits per heavy atom. The summed E-state index contributed by atoms with van der Waals surface area (Å²) in [6.07, 6.45) is 0. The van der Waals surface area contributed by atoms with Gasteiger partial charge < -0.3 is 10.2 Å². The van der Waals surface area contributed by atoms with E-state index in [1.807, 2.05) is 40.7 Å². The highest BCUT2D eigenvalue weighted by atomic mass is 35.5. The second kappa shape index (κ2) is 12.7. The summed E-state index contributed by atoms with van der Waals surface area (Å²) in [5.74, 6) is -0.874. The van der Waals surface area contributed by atoms with E-state index in [9.17, 15) is 18.0 Å². The Morgan fingerprint density at radius 2 is 1.46 bits per heavy atom. The highest BCUT2D eigenvalue weighted by Crippen LogP contribution is 2.27. The van der Waals surface area contributed by atoms with Crippen molar-refractivity contribution in [2.45, 2.75) is 65.1 Å². The molecule has 0 spiro atoms. The molecule has 2 amide bonds. The van der Waals surface area contributed by atoms with Gasteiger partial charge in [0.1, 0.15) is 12.6 Å². The van der Waals surface area contributed by atoms with Gasteiger partial charge in [-0.3, -0.25) is 13.9 Å². The third-order valence-electron chi connectivity index (χ3n) is 6.28. The zero-order valence-electron chi connectivity index (χ0n) is 23.2. The molecule has 0 heterocycles. The van der Waals surface area contributed by atoms with Gasteiger partial charge in [-0.1, -0.05) is 53.6 Å². The minimum atomic E-state index is -4.12. The van der Waals surface area contributed by atoms with Crippen molar-refractivity contribution in [2.75, 3.05) is 10.8 Å². The van der Waals surface area contributed by atoms with E-state index >= 15 is 0 Å². The standard InChI is InChI=1S/C30H36ClN3O4S/c1-20(2)32-30(36)24(6)33(18-25-9-7-8-10-28(25)31)29(35)19-34(26-16-22(4)15-23(5)17-26)39(37,38)27-13-11-21(3)12-14-27/h7-17,20,24H,18-19H2,1-6H3,(H,32,36)/t24-/m0/s1. The first-order valence-electron chi connectivity index (χ1n) is 12.8. The lowest BCUT2D eigenvalue weighted by Crippen LogP contribution is -2.52. The minimum absolute atomic E-state index is 0.0381. The number of benzene rings is 3. The van der Waals surface area contributed by atoms with Crippen LogP contribution < -0.4 is 9.62 Å². The fraction of sp³-hybridized carbons (Fsp3) is 0.333. The SMILES string of the molecule is Cc1ccc(S(=O)(=O)N(CC(=O)N(Cc2ccccc2Cl)[C@@H](C)C(=O)NC(C)C)c2cc(C)cc(C)c2)cc1. The quantitative estimate of drug-likeness (QED) is 0.354. The maximum Gasteiger partial charge on any atom is 0.264 e. The van der Waals surface area contributed by atoms with Gasteiger partial charge in [0.2, 0.25) is 11.8 Å². The van der Waals surface area contributed by atoms with Crippen LogP contribution in [0.5, 0.6) is 0 Å². The van der Waals surface area contributed by atoms with Crippen LogP contribution in [0.25, 0.3) is 0 Å². The van der Waals surface area contributed by atoms with Gasteiger partial charge in [0, 0.05) is 17.6 Å². The van der Waals surface area contributed by atoms with Gasteiger partial charge in [-0.15, -0.1) is 0 Å². The molecule has 7 nitrogen and oxygen atoms in total. The predicted octanol–water partition coefficient (Wildman–Crippen LogP) is 5.40. The number of anilines is 1. The molecule has 9 heteroatoms. The molecule has 0 radical (unpaired) electrons. The lowest BCUT2D eigenvalue weighted by Gasteiger charge is -2.32. The molecule has 3 aromatic carbocycles. The zero-order valence-corrected chi connectivity index (χ0v) is 24.8. The van der Waals surface area contributed by atoms with Crippen molar-refractivity contribution in [1.29, 1.82) is 0 Å². The molecular weight excluding hydrogens is 534 g/mol. The van der Waals surface area contributed by atoms with E-state index in [0.717, 1.165) is 21.0 Å². The molecule has 0 saturated heterocycles. The fourth-order valence-corrected chi connectivity index (χ4v) is 5.85. The maximum atomic E-state index is 14.0. The molecule has 3 aromatic rings. The summed E-state index contributed by atoms with van der Waals surface area (Å²) in [5.41, 5.74) is 3.66. The van der Waals surface area contributed by atoms with Crippen LogP contribution in [0.2, 0.25) is 5.02 Å². The lowest BCUT2D eigenvalue weighted by molar-refractivity contribution is -0.139. The molecular formula is C30H36ClN3O4S. The monoisotopic (exact) mass is 569 g/mol. The highest BCUT2D eigenvalue weighted by Gasteiger charge is 2.33. The van der Waals surface area contributed by atoms with Crippen LogP contribution in [0.4, 0.5) is 5.69 Å². The first-order valence-corrected chi connectivity index (χ1v) is 14.6. The number of amides is 2. The Kier molecular flexibility index (Phi) is 9.80. The molecule has 3 rings (SSSR count). The number of nitrogens with zero attached hydrogens (tertiary/aromatic N) is 2. The Labute approximate surface area is 236 Å². The van der Waals surface area contributed by atoms with Gasteiger partial charge in [0.15, 0.2) is 0 Å². The van der Waals surface area contributed by atoms with E-state index in [4.69, 9.17) is 11.6 Å². The predicted molar refractivity (Wildman–Crippen MR) is 156 cm³/mol. The van der Waals surface area contributed by atoms with Crippen molar-refractivity contribution in [3.05, 3.63) is 94.0 Å². The van der Waals surface area contributed by atoms with Crippen LogP contribution in [-0.4, -0.2) is 43.8 Å². The largest absolute Gasteiger partial charge is 0.352 e. The summed E-state index contributed by atoms with van der Waals surface area (Å²) < 4.78 is 29.0. The van der Waals surface area contributed by atoms with E-state index < -0.39 is 28.5 Å². The van der Waals surface area contributed by atoms with Gasteiger partial charge >= 0.3 is 0 Å². The number of carbonyl (C=O) groups is 2. The first kappa shape index (κ1) is 30.2. The molecule has 0 aliphatic heterocycles. The first-order chi connectivity index (χ1) is 18.3. The number of hydrogen-bond donors (Lipinski definition) is 1. The van der Waals surface area contributed by atoms with Crippen molar-refractivity contribution in [1.82, 2.24) is 10.2 Å². The molecule has 0 saturated carbocycles. The van der Waals surface area contributed by atoms with Crippen LogP contribution in [0, 0.1) is 20.8 Å². The molecule has 0 aliphatic rings. The van der Waals surface area contributed by atoms with Crippen LogP contribution in [0.3, 0.4) is 0 Å². The summed E-state index contributed by atoms with van der Waals surface area (Å²) in [6, 6.07) is 18.0. The lowest BCUT2D eigenvalue weighted by atomic mass is 10.1. The van der Waals surface area contributed by atoms with Crippen molar-refractivity contribution in [2.24, 2.45) is 0 Å². The Hall–Kier alpha value is -3.36. The number of carbonyl (C=O) groups excluding carboxylic acids is 2. The molecule has 208 valence electrons. The van der Waals surface area contributed by atoms with Crippen molar-refractivity contribution in [3.63, 3.8) is 0 Å². The van der Waals surface area contributed by atoms with E-state index in [1.165, 1.54) is 17.0 Å². The van der Waals surface area contributed by atoms with Gasteiger partial charge in [0.05, 0.1) is 10.6 Å². The number of sulfonamides is 1. The number of nitrogens with one attached hydrogen (secondary N) is 1. The number of rotatable bonds is 10. The number of halogens is 1. The fourth-order valence-electron chi connectivity index (χ4n) is 4.26. The summed E-state index contributed by atoms with van der Waals surface area (Å²) in [5, 5.41) is 3.29. The summed E-state index contributed by atoms with van der Waals surface area (Å²) in [4.78, 5) is 28.4. The summed E-state index contributed by atoms with van der Waals surface area (Å²) in [6.45, 7) is 10.5. The van der Waals surface area contributed by atoms with Gasteiger partial charge in [-0.25, -0.2) is 8.42 Å². The smallest absolute Gasteiger partial charge is 0.264 e. The van der Waals surface area contributed by atoms with Crippen LogP contribution in [-0.2, 0) is 26.2 Å². The summed E-state index contributed by atoms with van der Waals surface area (Å²) >= 11 is 6.40. The van der Waals surface area contributed by atoms with Crippen LogP contribution in [0.1, 0.15) is 43.0 Å². The molecule has 1 atom stereocenters. The maximum absolute atomic E-state index is 14.0. The second-order valence-corrected chi connectivity index (χ2v) is 12.4. The van der Waals surface area contributed by atoms with Gasteiger partial charge in [-0.2, -0.15) is 0 Å². The van der Waals surface area contributed by atoms with E-state index in [1.54, 1.807) is 55.5 Å². The molecule has 0 bridgehead atoms. The summed E-state index contributed by atoms with van der Waals surface area (Å²) in [7, 11) is -4.12. The van der Waals surface area contributed by atoms with Gasteiger partial charge in [0.25, 0.3) is 10.0 Å². The minimum Gasteiger partial charge on any atom is -0.352 e. The van der Waals surface area contributed by atoms with Crippen LogP contribution >= 0.6 is 11.6 Å². The van der Waals surface area contributed by atoms with Gasteiger partial charge in [-0.05, 0) is 88.6 Å². The number of aryl methyl sites for hydroxylation is 3. The molecule has 0 fully saturated rings. The molecule has 0 aliphatic carbocycles. The molecule has 1 N–H and O–H groups in total. The molecule has 39 heavy (non-hydrogen) atoms. The Morgan fingerprint density at radius 3 is 2.03 bits per heavy atom. The average molecular weight is 570 g/mol. The Bertz CT molecular complexity index is 1420. The second-order valence-electron chi connectivity index (χ2n) is 10.1. The van der Waals surface area contributed by atoms with Crippen molar-refractivity contribution in [3.8, 4) is 0 Å². The normalized spacial score (nSPS) is 12.2. The average Bonchev–Trinajstić information content (AvgIpc) is 2.85. The molecule has 0 unspecified atom stereocenters. The Balaban J connectivity index is 2.08. The zero-order chi connectivity index (χ0) is 28.9. The van der Waals surface area contributed by atoms with E-state index in [2.05, 4.69) is 5.32 Å². The third kappa shape index (κ3) is 7.61. The third-order valence-corrected chi connectivity index (χ3v) is 8.44. The molecule has 0 aromatic heterocycles. The van der Waals surface area contributed by atoms with E-state index in [0.29, 0.717) is 16.3 Å². The van der Waals surface area contributed by atoms with E-state index in [-0.39, 0.29) is 23.4 Å². The highest BCUT2D eigenvalue weighted by molar-refractivity contribution is 7.92. The van der Waals surface area contributed by atoms with Crippen molar-refractivity contribution >= 4 is 39.1 Å². The number of hydrogen-bond acceptors (Lipinski definition) is 4. The topological polar surface area (TPSA) is 86.8 Å². The van der Waals surface area contributed by atoms with Crippen molar-refractivity contribution < 1.29 is 18.0 Å².